The van der Waals surface area contributed by atoms with Gasteiger partial charge in [-0.15, -0.1) is 11.8 Å². The van der Waals surface area contributed by atoms with Gasteiger partial charge in [0.1, 0.15) is 0 Å². The van der Waals surface area contributed by atoms with Crippen LogP contribution in [-0.2, 0) is 0 Å². The van der Waals surface area contributed by atoms with Gasteiger partial charge in [0.25, 0.3) is 0 Å². The molecule has 0 unspecified atom stereocenters. The number of thioether (sulfide) groups is 1. The molecule has 0 atom stereocenters. The highest BCUT2D eigenvalue weighted by Gasteiger charge is 2.44. The molecule has 0 aromatic heterocycles. The maximum atomic E-state index is 11.4. The molecule has 1 N–H and O–H groups in total. The molecule has 1 aromatic carbocycles. The van der Waals surface area contributed by atoms with E-state index < -0.39 is 5.97 Å². The molecule has 1 saturated carbocycles. The third-order valence-electron chi connectivity index (χ3n) is 4.63. The van der Waals surface area contributed by atoms with Crippen LogP contribution in [0.15, 0.2) is 23.1 Å². The smallest absolute Gasteiger partial charge is 0.337 e. The quantitative estimate of drug-likeness (QED) is 0.855. The van der Waals surface area contributed by atoms with E-state index in [1.165, 1.54) is 30.6 Å². The van der Waals surface area contributed by atoms with Crippen LogP contribution in [0.4, 0.5) is 5.69 Å². The Morgan fingerprint density at radius 1 is 1.30 bits per heavy atom. The number of carboxylic acids is 1. The van der Waals surface area contributed by atoms with Crippen LogP contribution < -0.4 is 4.90 Å². The zero-order valence-electron chi connectivity index (χ0n) is 11.9. The van der Waals surface area contributed by atoms with Crippen molar-refractivity contribution in [1.82, 2.24) is 0 Å². The van der Waals surface area contributed by atoms with Crippen molar-refractivity contribution >= 4 is 23.4 Å². The average molecular weight is 291 g/mol. The second-order valence-corrected chi connectivity index (χ2v) is 7.24. The minimum atomic E-state index is -0.820. The minimum Gasteiger partial charge on any atom is -0.478 e. The number of aromatic carboxylic acids is 1. The predicted molar refractivity (Wildman–Crippen MR) is 82.9 cm³/mol. The maximum absolute atomic E-state index is 11.4. The van der Waals surface area contributed by atoms with Crippen molar-refractivity contribution in [3.05, 3.63) is 23.8 Å². The van der Waals surface area contributed by atoms with Crippen LogP contribution in [0.25, 0.3) is 0 Å². The molecule has 20 heavy (non-hydrogen) atoms. The van der Waals surface area contributed by atoms with Gasteiger partial charge < -0.3 is 10.0 Å². The summed E-state index contributed by atoms with van der Waals surface area (Å²) in [5.41, 5.74) is 1.97. The van der Waals surface area contributed by atoms with E-state index in [9.17, 15) is 9.90 Å². The Kier molecular flexibility index (Phi) is 3.67. The summed E-state index contributed by atoms with van der Waals surface area (Å²) >= 11 is 1.77. The fraction of sp³-hybridized carbons (Fsp3) is 0.562. The molecule has 108 valence electrons. The molecule has 1 saturated heterocycles. The van der Waals surface area contributed by atoms with Gasteiger partial charge in [-0.2, -0.15) is 0 Å². The lowest BCUT2D eigenvalue weighted by Crippen LogP contribution is -2.35. The Bertz CT molecular complexity index is 515. The SMILES string of the molecule is CCSc1ccc(C(=O)O)c(N2CCC3(CC2)CC3)c1. The van der Waals surface area contributed by atoms with Crippen LogP contribution >= 0.6 is 11.8 Å². The van der Waals surface area contributed by atoms with Crippen molar-refractivity contribution in [1.29, 1.82) is 0 Å². The average Bonchev–Trinajstić information content (AvgIpc) is 3.19. The fourth-order valence-corrected chi connectivity index (χ4v) is 3.80. The Morgan fingerprint density at radius 2 is 2.00 bits per heavy atom. The molecule has 0 radical (unpaired) electrons. The van der Waals surface area contributed by atoms with Crippen LogP contribution in [0.5, 0.6) is 0 Å². The molecule has 1 aromatic rings. The van der Waals surface area contributed by atoms with Gasteiger partial charge in [0.15, 0.2) is 0 Å². The van der Waals surface area contributed by atoms with Crippen molar-refractivity contribution in [2.24, 2.45) is 5.41 Å². The van der Waals surface area contributed by atoms with E-state index in [1.54, 1.807) is 17.8 Å². The van der Waals surface area contributed by atoms with Crippen molar-refractivity contribution in [3.8, 4) is 0 Å². The van der Waals surface area contributed by atoms with Gasteiger partial charge >= 0.3 is 5.97 Å². The van der Waals surface area contributed by atoms with Gasteiger partial charge in [0, 0.05) is 18.0 Å². The monoisotopic (exact) mass is 291 g/mol. The lowest BCUT2D eigenvalue weighted by molar-refractivity contribution is 0.0697. The molecule has 1 heterocycles. The van der Waals surface area contributed by atoms with E-state index >= 15 is 0 Å². The van der Waals surface area contributed by atoms with Crippen molar-refractivity contribution in [3.63, 3.8) is 0 Å². The topological polar surface area (TPSA) is 40.5 Å². The second kappa shape index (κ2) is 5.32. The zero-order chi connectivity index (χ0) is 14.2. The van der Waals surface area contributed by atoms with Crippen molar-refractivity contribution < 1.29 is 9.90 Å². The standard InChI is InChI=1S/C16H21NO2S/c1-2-20-12-3-4-13(15(18)19)14(11-12)17-9-7-16(5-6-16)8-10-17/h3-4,11H,2,5-10H2,1H3,(H,18,19). The molecule has 2 fully saturated rings. The number of anilines is 1. The van der Waals surface area contributed by atoms with Crippen molar-refractivity contribution in [2.75, 3.05) is 23.7 Å². The first kappa shape index (κ1) is 13.8. The second-order valence-electron chi connectivity index (χ2n) is 5.90. The van der Waals surface area contributed by atoms with E-state index in [-0.39, 0.29) is 0 Å². The van der Waals surface area contributed by atoms with Gasteiger partial charge in [0.05, 0.1) is 11.3 Å². The lowest BCUT2D eigenvalue weighted by Gasteiger charge is -2.34. The van der Waals surface area contributed by atoms with E-state index in [2.05, 4.69) is 17.9 Å². The minimum absolute atomic E-state index is 0.442. The Labute approximate surface area is 124 Å². The van der Waals surface area contributed by atoms with Gasteiger partial charge in [-0.05, 0) is 55.1 Å². The highest BCUT2D eigenvalue weighted by atomic mass is 32.2. The lowest BCUT2D eigenvalue weighted by atomic mass is 9.93. The number of carboxylic acid groups (broad SMARTS) is 1. The van der Waals surface area contributed by atoms with Crippen LogP contribution in [0.3, 0.4) is 0 Å². The summed E-state index contributed by atoms with van der Waals surface area (Å²) in [6.45, 7) is 4.12. The summed E-state index contributed by atoms with van der Waals surface area (Å²) in [6, 6.07) is 5.74. The van der Waals surface area contributed by atoms with Crippen LogP contribution in [-0.4, -0.2) is 29.9 Å². The summed E-state index contributed by atoms with van der Waals surface area (Å²) in [7, 11) is 0. The first-order chi connectivity index (χ1) is 9.63. The van der Waals surface area contributed by atoms with Gasteiger partial charge in [-0.1, -0.05) is 6.92 Å². The number of rotatable bonds is 4. The number of hydrogen-bond donors (Lipinski definition) is 1. The van der Waals surface area contributed by atoms with Crippen LogP contribution in [0.2, 0.25) is 0 Å². The highest BCUT2D eigenvalue weighted by Crippen LogP contribution is 2.54. The molecule has 1 spiro atoms. The number of piperidine rings is 1. The third kappa shape index (κ3) is 2.66. The summed E-state index contributed by atoms with van der Waals surface area (Å²) < 4.78 is 0. The van der Waals surface area contributed by atoms with E-state index in [1.807, 2.05) is 6.07 Å². The van der Waals surface area contributed by atoms with E-state index in [0.717, 1.165) is 24.5 Å². The number of hydrogen-bond acceptors (Lipinski definition) is 3. The maximum Gasteiger partial charge on any atom is 0.337 e. The Balaban J connectivity index is 1.85. The number of benzene rings is 1. The third-order valence-corrected chi connectivity index (χ3v) is 5.51. The molecule has 4 heteroatoms. The van der Waals surface area contributed by atoms with Crippen LogP contribution in [0, 0.1) is 5.41 Å². The van der Waals surface area contributed by atoms with Gasteiger partial charge in [-0.25, -0.2) is 4.79 Å². The van der Waals surface area contributed by atoms with E-state index in [4.69, 9.17) is 0 Å². The fourth-order valence-electron chi connectivity index (χ4n) is 3.11. The van der Waals surface area contributed by atoms with E-state index in [0.29, 0.717) is 11.0 Å². The zero-order valence-corrected chi connectivity index (χ0v) is 12.7. The van der Waals surface area contributed by atoms with Crippen LogP contribution in [0.1, 0.15) is 43.0 Å². The van der Waals surface area contributed by atoms with Gasteiger partial charge in [0.2, 0.25) is 0 Å². The Morgan fingerprint density at radius 3 is 2.55 bits per heavy atom. The normalized spacial score (nSPS) is 20.1. The highest BCUT2D eigenvalue weighted by molar-refractivity contribution is 7.99. The molecule has 0 bridgehead atoms. The number of nitrogens with zero attached hydrogens (tertiary/aromatic N) is 1. The molecule has 0 amide bonds. The molecule has 3 rings (SSSR count). The summed E-state index contributed by atoms with van der Waals surface area (Å²) in [5.74, 6) is 0.189. The first-order valence-electron chi connectivity index (χ1n) is 7.39. The van der Waals surface area contributed by atoms with Crippen molar-refractivity contribution in [2.45, 2.75) is 37.5 Å². The molecular formula is C16H21NO2S. The largest absolute Gasteiger partial charge is 0.478 e. The summed E-state index contributed by atoms with van der Waals surface area (Å²) in [4.78, 5) is 14.9. The molecule has 2 aliphatic rings. The molecule has 1 aliphatic heterocycles. The summed E-state index contributed by atoms with van der Waals surface area (Å²) in [6.07, 6.45) is 5.19. The molecule has 3 nitrogen and oxygen atoms in total. The predicted octanol–water partition coefficient (Wildman–Crippen LogP) is 3.88. The molecular weight excluding hydrogens is 270 g/mol. The summed E-state index contributed by atoms with van der Waals surface area (Å²) in [5, 5.41) is 9.40. The number of carbonyl (C=O) groups is 1. The Hall–Kier alpha value is -1.16. The van der Waals surface area contributed by atoms with Gasteiger partial charge in [-0.3, -0.25) is 0 Å². The molecule has 1 aliphatic carbocycles. The first-order valence-corrected chi connectivity index (χ1v) is 8.37.